The molecule has 0 heterocycles. The number of anilines is 1. The lowest BCUT2D eigenvalue weighted by Gasteiger charge is -2.02. The standard InChI is InChI=1S/C9H9N3O3/c13-8(14)6-10-12-9(15)11-7-4-2-1-3-5-7/h1-6H,(H,13,14)(H2,11,12,15). The molecular formula is C9H9N3O3. The molecule has 3 N–H and O–H groups in total. The van der Waals surface area contributed by atoms with E-state index in [1.807, 2.05) is 11.5 Å². The molecule has 0 spiro atoms. The van der Waals surface area contributed by atoms with E-state index >= 15 is 0 Å². The highest BCUT2D eigenvalue weighted by molar-refractivity contribution is 6.22. The van der Waals surface area contributed by atoms with Crippen molar-refractivity contribution in [2.75, 3.05) is 5.32 Å². The van der Waals surface area contributed by atoms with E-state index in [1.165, 1.54) is 0 Å². The molecule has 0 atom stereocenters. The lowest BCUT2D eigenvalue weighted by molar-refractivity contribution is -0.128. The minimum atomic E-state index is -1.23. The molecule has 2 amide bonds. The number of benzene rings is 1. The summed E-state index contributed by atoms with van der Waals surface area (Å²) in [6.45, 7) is 0. The van der Waals surface area contributed by atoms with Gasteiger partial charge in [0.15, 0.2) is 0 Å². The lowest BCUT2D eigenvalue weighted by Crippen LogP contribution is -2.24. The summed E-state index contributed by atoms with van der Waals surface area (Å²) in [6, 6.07) is 8.12. The van der Waals surface area contributed by atoms with Gasteiger partial charge in [-0.3, -0.25) is 0 Å². The Bertz CT molecular complexity index is 375. The van der Waals surface area contributed by atoms with Gasteiger partial charge >= 0.3 is 12.0 Å². The zero-order valence-electron chi connectivity index (χ0n) is 7.68. The van der Waals surface area contributed by atoms with Gasteiger partial charge in [0.25, 0.3) is 0 Å². The Kier molecular flexibility index (Phi) is 3.84. The van der Waals surface area contributed by atoms with Crippen molar-refractivity contribution in [1.82, 2.24) is 5.43 Å². The number of nitrogens with one attached hydrogen (secondary N) is 2. The molecule has 15 heavy (non-hydrogen) atoms. The normalized spacial score (nSPS) is 9.87. The van der Waals surface area contributed by atoms with Gasteiger partial charge in [0.1, 0.15) is 6.21 Å². The van der Waals surface area contributed by atoms with Crippen LogP contribution in [0.1, 0.15) is 0 Å². The third-order valence-corrected chi connectivity index (χ3v) is 1.37. The second-order valence-electron chi connectivity index (χ2n) is 2.53. The van der Waals surface area contributed by atoms with Gasteiger partial charge in [0.2, 0.25) is 0 Å². The van der Waals surface area contributed by atoms with E-state index in [0.717, 1.165) is 0 Å². The number of amides is 2. The topological polar surface area (TPSA) is 90.8 Å². The molecule has 78 valence electrons. The Morgan fingerprint density at radius 3 is 2.53 bits per heavy atom. The van der Waals surface area contributed by atoms with Gasteiger partial charge in [0, 0.05) is 5.69 Å². The summed E-state index contributed by atoms with van der Waals surface area (Å²) in [7, 11) is 0. The second-order valence-corrected chi connectivity index (χ2v) is 2.53. The van der Waals surface area contributed by atoms with Crippen molar-refractivity contribution in [3.05, 3.63) is 30.3 Å². The van der Waals surface area contributed by atoms with Gasteiger partial charge in [-0.1, -0.05) is 18.2 Å². The number of hydrazone groups is 1. The van der Waals surface area contributed by atoms with Gasteiger partial charge in [-0.05, 0) is 12.1 Å². The fourth-order valence-corrected chi connectivity index (χ4v) is 0.827. The van der Waals surface area contributed by atoms with Gasteiger partial charge in [-0.25, -0.2) is 15.0 Å². The van der Waals surface area contributed by atoms with Gasteiger partial charge in [0.05, 0.1) is 0 Å². The summed E-state index contributed by atoms with van der Waals surface area (Å²) >= 11 is 0. The van der Waals surface area contributed by atoms with Crippen molar-refractivity contribution < 1.29 is 14.7 Å². The van der Waals surface area contributed by atoms with E-state index in [0.29, 0.717) is 11.9 Å². The highest BCUT2D eigenvalue weighted by atomic mass is 16.4. The monoisotopic (exact) mass is 207 g/mol. The molecule has 0 bridgehead atoms. The number of urea groups is 1. The zero-order valence-corrected chi connectivity index (χ0v) is 7.68. The maximum Gasteiger partial charge on any atom is 0.348 e. The molecule has 1 aromatic rings. The molecule has 0 aliphatic heterocycles. The number of carboxylic acids is 1. The Hall–Kier alpha value is -2.37. The summed E-state index contributed by atoms with van der Waals surface area (Å²) in [5, 5.41) is 13.8. The summed E-state index contributed by atoms with van der Waals surface area (Å²) in [5.41, 5.74) is 2.60. The smallest absolute Gasteiger partial charge is 0.348 e. The third-order valence-electron chi connectivity index (χ3n) is 1.37. The SMILES string of the molecule is O=C(O)C=NNC(=O)Nc1ccccc1. The number of hydrogen-bond acceptors (Lipinski definition) is 3. The van der Waals surface area contributed by atoms with Crippen LogP contribution in [0.5, 0.6) is 0 Å². The van der Waals surface area contributed by atoms with Crippen molar-refractivity contribution in [3.8, 4) is 0 Å². The van der Waals surface area contributed by atoms with E-state index in [1.54, 1.807) is 24.3 Å². The summed E-state index contributed by atoms with van der Waals surface area (Å²) in [6.07, 6.45) is 0.588. The minimum Gasteiger partial charge on any atom is -0.477 e. The zero-order chi connectivity index (χ0) is 11.1. The quantitative estimate of drug-likeness (QED) is 0.507. The van der Waals surface area contributed by atoms with Gasteiger partial charge in [-0.2, -0.15) is 5.10 Å². The number of carbonyl (C=O) groups excluding carboxylic acids is 1. The molecular weight excluding hydrogens is 198 g/mol. The molecule has 1 rings (SSSR count). The van der Waals surface area contributed by atoms with Crippen molar-refractivity contribution >= 4 is 23.9 Å². The van der Waals surface area contributed by atoms with Crippen molar-refractivity contribution in [2.24, 2.45) is 5.10 Å². The maximum absolute atomic E-state index is 11.1. The van der Waals surface area contributed by atoms with Crippen LogP contribution < -0.4 is 10.7 Å². The van der Waals surface area contributed by atoms with Crippen LogP contribution in [-0.4, -0.2) is 23.3 Å². The Morgan fingerprint density at radius 1 is 1.27 bits per heavy atom. The van der Waals surface area contributed by atoms with Crippen LogP contribution in [0.2, 0.25) is 0 Å². The highest BCUT2D eigenvalue weighted by Crippen LogP contribution is 2.03. The van der Waals surface area contributed by atoms with Crippen LogP contribution in [-0.2, 0) is 4.79 Å². The van der Waals surface area contributed by atoms with Crippen LogP contribution in [0.4, 0.5) is 10.5 Å². The van der Waals surface area contributed by atoms with E-state index in [2.05, 4.69) is 10.4 Å². The Balaban J connectivity index is 2.40. The average Bonchev–Trinajstić information content (AvgIpc) is 2.18. The molecule has 0 aliphatic carbocycles. The molecule has 0 saturated heterocycles. The molecule has 0 fully saturated rings. The number of para-hydroxylation sites is 1. The predicted molar refractivity (Wildman–Crippen MR) is 54.7 cm³/mol. The summed E-state index contributed by atoms with van der Waals surface area (Å²) < 4.78 is 0. The summed E-state index contributed by atoms with van der Waals surface area (Å²) in [4.78, 5) is 21.1. The van der Waals surface area contributed by atoms with E-state index in [9.17, 15) is 9.59 Å². The molecule has 0 saturated carbocycles. The molecule has 0 radical (unpaired) electrons. The van der Waals surface area contributed by atoms with Crippen LogP contribution in [0, 0.1) is 0 Å². The van der Waals surface area contributed by atoms with E-state index in [-0.39, 0.29) is 0 Å². The first-order chi connectivity index (χ1) is 7.18. The van der Waals surface area contributed by atoms with E-state index in [4.69, 9.17) is 5.11 Å². The first-order valence-corrected chi connectivity index (χ1v) is 4.06. The Morgan fingerprint density at radius 2 is 1.93 bits per heavy atom. The fourth-order valence-electron chi connectivity index (χ4n) is 0.827. The number of aliphatic carboxylic acids is 1. The van der Waals surface area contributed by atoms with Gasteiger partial charge < -0.3 is 10.4 Å². The molecule has 6 nitrogen and oxygen atoms in total. The molecule has 0 aliphatic rings. The molecule has 1 aromatic carbocycles. The number of rotatable bonds is 3. The molecule has 0 unspecified atom stereocenters. The highest BCUT2D eigenvalue weighted by Gasteiger charge is 1.98. The first-order valence-electron chi connectivity index (χ1n) is 4.06. The Labute approximate surface area is 85.6 Å². The van der Waals surface area contributed by atoms with E-state index < -0.39 is 12.0 Å². The summed E-state index contributed by atoms with van der Waals surface area (Å²) in [5.74, 6) is -1.23. The number of hydrogen-bond donors (Lipinski definition) is 3. The van der Waals surface area contributed by atoms with Crippen LogP contribution >= 0.6 is 0 Å². The van der Waals surface area contributed by atoms with Crippen LogP contribution in [0.3, 0.4) is 0 Å². The van der Waals surface area contributed by atoms with Crippen molar-refractivity contribution in [3.63, 3.8) is 0 Å². The maximum atomic E-state index is 11.1. The van der Waals surface area contributed by atoms with Crippen molar-refractivity contribution in [2.45, 2.75) is 0 Å². The van der Waals surface area contributed by atoms with Crippen LogP contribution in [0.25, 0.3) is 0 Å². The fraction of sp³-hybridized carbons (Fsp3) is 0. The van der Waals surface area contributed by atoms with Crippen molar-refractivity contribution in [1.29, 1.82) is 0 Å². The molecule has 0 aromatic heterocycles. The number of carbonyl (C=O) groups is 2. The molecule has 6 heteroatoms. The first kappa shape index (κ1) is 10.7. The third kappa shape index (κ3) is 4.41. The second kappa shape index (κ2) is 5.38. The lowest BCUT2D eigenvalue weighted by atomic mass is 10.3. The largest absolute Gasteiger partial charge is 0.477 e. The van der Waals surface area contributed by atoms with Gasteiger partial charge in [-0.15, -0.1) is 0 Å². The average molecular weight is 207 g/mol. The van der Waals surface area contributed by atoms with Crippen LogP contribution in [0.15, 0.2) is 35.4 Å². The number of carboxylic acid groups (broad SMARTS) is 1. The number of nitrogens with zero attached hydrogens (tertiary/aromatic N) is 1. The predicted octanol–water partition coefficient (Wildman–Crippen LogP) is 0.879. The minimum absolute atomic E-state index is 0.588.